The fraction of sp³-hybridized carbons (Fsp3) is 0.579. The Bertz CT molecular complexity index is 605. The summed E-state index contributed by atoms with van der Waals surface area (Å²) in [5, 5.41) is -0.0545. The van der Waals surface area contributed by atoms with Crippen molar-refractivity contribution in [3.63, 3.8) is 0 Å². The minimum Gasteiger partial charge on any atom is -0.496 e. The van der Waals surface area contributed by atoms with E-state index < -0.39 is 6.04 Å². The molecule has 0 aromatic heterocycles. The molecule has 0 aliphatic carbocycles. The standard InChI is InChI=1S/C19H27NO4S/c1-5-6-11-24-19(22)15-12-25-18(13(2)3)20(15)17(21)14-9-7-8-10-16(14)23-4/h7-10,13,15,18H,5-6,11-12H2,1-4H3/t15-,18+/m0/s1. The van der Waals surface area contributed by atoms with Crippen LogP contribution in [0.4, 0.5) is 0 Å². The van der Waals surface area contributed by atoms with Gasteiger partial charge in [0.2, 0.25) is 0 Å². The van der Waals surface area contributed by atoms with Crippen molar-refractivity contribution >= 4 is 23.6 Å². The van der Waals surface area contributed by atoms with E-state index in [0.29, 0.717) is 23.7 Å². The zero-order valence-electron chi connectivity index (χ0n) is 15.4. The van der Waals surface area contributed by atoms with Gasteiger partial charge in [0.25, 0.3) is 5.91 Å². The summed E-state index contributed by atoms with van der Waals surface area (Å²) < 4.78 is 10.7. The largest absolute Gasteiger partial charge is 0.496 e. The zero-order valence-corrected chi connectivity index (χ0v) is 16.2. The number of ether oxygens (including phenoxy) is 2. The Labute approximate surface area is 154 Å². The lowest BCUT2D eigenvalue weighted by Gasteiger charge is -2.31. The lowest BCUT2D eigenvalue weighted by atomic mass is 10.1. The average Bonchev–Trinajstić information content (AvgIpc) is 3.06. The van der Waals surface area contributed by atoms with Gasteiger partial charge >= 0.3 is 5.97 Å². The maximum Gasteiger partial charge on any atom is 0.329 e. The average molecular weight is 365 g/mol. The second kappa shape index (κ2) is 9.13. The summed E-state index contributed by atoms with van der Waals surface area (Å²) in [5.74, 6) is 0.822. The van der Waals surface area contributed by atoms with Crippen LogP contribution in [0.3, 0.4) is 0 Å². The van der Waals surface area contributed by atoms with Crippen molar-refractivity contribution in [2.45, 2.75) is 45.0 Å². The molecular formula is C19H27NO4S. The Hall–Kier alpha value is -1.69. The highest BCUT2D eigenvalue weighted by Gasteiger charge is 2.44. The number of esters is 1. The van der Waals surface area contributed by atoms with Crippen LogP contribution in [-0.4, -0.2) is 47.7 Å². The fourth-order valence-electron chi connectivity index (χ4n) is 2.85. The molecule has 1 aliphatic rings. The molecular weight excluding hydrogens is 338 g/mol. The number of methoxy groups -OCH3 is 1. The normalized spacial score (nSPS) is 20.0. The molecule has 1 aliphatic heterocycles. The van der Waals surface area contributed by atoms with Crippen molar-refractivity contribution in [3.8, 4) is 5.75 Å². The summed E-state index contributed by atoms with van der Waals surface area (Å²) in [6.45, 7) is 6.57. The third-order valence-corrected chi connectivity index (χ3v) is 5.81. The lowest BCUT2D eigenvalue weighted by molar-refractivity contribution is -0.148. The van der Waals surface area contributed by atoms with E-state index in [-0.39, 0.29) is 23.2 Å². The van der Waals surface area contributed by atoms with Crippen LogP contribution in [0.25, 0.3) is 0 Å². The smallest absolute Gasteiger partial charge is 0.329 e. The number of benzene rings is 1. The molecule has 0 N–H and O–H groups in total. The first-order valence-electron chi connectivity index (χ1n) is 8.75. The van der Waals surface area contributed by atoms with Gasteiger partial charge in [-0.1, -0.05) is 39.3 Å². The number of unbranched alkanes of at least 4 members (excludes halogenated alkanes) is 1. The maximum atomic E-state index is 13.2. The highest BCUT2D eigenvalue weighted by molar-refractivity contribution is 8.00. The molecule has 25 heavy (non-hydrogen) atoms. The maximum absolute atomic E-state index is 13.2. The van der Waals surface area contributed by atoms with Crippen molar-refractivity contribution in [2.75, 3.05) is 19.5 Å². The monoisotopic (exact) mass is 365 g/mol. The Morgan fingerprint density at radius 3 is 2.68 bits per heavy atom. The number of nitrogens with zero attached hydrogens (tertiary/aromatic N) is 1. The summed E-state index contributed by atoms with van der Waals surface area (Å²) in [5.41, 5.74) is 0.476. The summed E-state index contributed by atoms with van der Waals surface area (Å²) in [7, 11) is 1.54. The number of carbonyl (C=O) groups excluding carboxylic acids is 2. The Balaban J connectivity index is 2.26. The van der Waals surface area contributed by atoms with Crippen LogP contribution < -0.4 is 4.74 Å². The lowest BCUT2D eigenvalue weighted by Crippen LogP contribution is -2.47. The molecule has 1 amide bonds. The molecule has 0 radical (unpaired) electrons. The molecule has 5 nitrogen and oxygen atoms in total. The van der Waals surface area contributed by atoms with E-state index in [0.717, 1.165) is 12.8 Å². The van der Waals surface area contributed by atoms with Crippen LogP contribution in [0, 0.1) is 5.92 Å². The predicted octanol–water partition coefficient (Wildman–Crippen LogP) is 3.58. The third-order valence-electron chi connectivity index (χ3n) is 4.19. The molecule has 1 saturated heterocycles. The summed E-state index contributed by atoms with van der Waals surface area (Å²) in [6.07, 6.45) is 1.80. The van der Waals surface area contributed by atoms with Gasteiger partial charge in [0.05, 0.1) is 24.7 Å². The molecule has 2 rings (SSSR count). The molecule has 6 heteroatoms. The SMILES string of the molecule is CCCCOC(=O)[C@@H]1CS[C@H](C(C)C)N1C(=O)c1ccccc1OC. The van der Waals surface area contributed by atoms with Gasteiger partial charge in [-0.3, -0.25) is 4.79 Å². The van der Waals surface area contributed by atoms with Gasteiger partial charge in [0, 0.05) is 5.75 Å². The number of hydrogen-bond donors (Lipinski definition) is 0. The topological polar surface area (TPSA) is 55.8 Å². The Morgan fingerprint density at radius 2 is 2.04 bits per heavy atom. The van der Waals surface area contributed by atoms with Crippen molar-refractivity contribution in [1.82, 2.24) is 4.90 Å². The van der Waals surface area contributed by atoms with E-state index in [1.165, 1.54) is 0 Å². The van der Waals surface area contributed by atoms with Crippen LogP contribution in [0.2, 0.25) is 0 Å². The summed E-state index contributed by atoms with van der Waals surface area (Å²) in [4.78, 5) is 27.4. The molecule has 0 spiro atoms. The number of rotatable bonds is 7. The van der Waals surface area contributed by atoms with E-state index in [1.54, 1.807) is 42.0 Å². The summed E-state index contributed by atoms with van der Waals surface area (Å²) in [6, 6.07) is 6.57. The highest BCUT2D eigenvalue weighted by Crippen LogP contribution is 2.36. The van der Waals surface area contributed by atoms with Crippen LogP contribution in [0.5, 0.6) is 5.75 Å². The van der Waals surface area contributed by atoms with Crippen molar-refractivity contribution in [3.05, 3.63) is 29.8 Å². The number of para-hydroxylation sites is 1. The molecule has 0 bridgehead atoms. The van der Waals surface area contributed by atoms with Gasteiger partial charge in [-0.15, -0.1) is 11.8 Å². The van der Waals surface area contributed by atoms with Gasteiger partial charge < -0.3 is 14.4 Å². The van der Waals surface area contributed by atoms with E-state index in [9.17, 15) is 9.59 Å². The number of hydrogen-bond acceptors (Lipinski definition) is 5. The Kier molecular flexibility index (Phi) is 7.17. The quantitative estimate of drug-likeness (QED) is 0.546. The second-order valence-corrected chi connectivity index (χ2v) is 7.57. The van der Waals surface area contributed by atoms with Gasteiger partial charge in [-0.2, -0.15) is 0 Å². The second-order valence-electron chi connectivity index (χ2n) is 6.42. The first-order valence-corrected chi connectivity index (χ1v) is 9.80. The van der Waals surface area contributed by atoms with Gasteiger partial charge in [0.15, 0.2) is 0 Å². The van der Waals surface area contributed by atoms with Crippen LogP contribution >= 0.6 is 11.8 Å². The molecule has 0 saturated carbocycles. The van der Waals surface area contributed by atoms with Crippen molar-refractivity contribution in [2.24, 2.45) is 5.92 Å². The fourth-order valence-corrected chi connectivity index (χ4v) is 4.32. The predicted molar refractivity (Wildman–Crippen MR) is 99.9 cm³/mol. The third kappa shape index (κ3) is 4.48. The van der Waals surface area contributed by atoms with Crippen LogP contribution in [0.1, 0.15) is 44.0 Å². The highest BCUT2D eigenvalue weighted by atomic mass is 32.2. The number of carbonyl (C=O) groups is 2. The minimum atomic E-state index is -0.549. The zero-order chi connectivity index (χ0) is 18.4. The molecule has 1 aromatic carbocycles. The van der Waals surface area contributed by atoms with Crippen molar-refractivity contribution in [1.29, 1.82) is 0 Å². The molecule has 138 valence electrons. The van der Waals surface area contributed by atoms with E-state index in [2.05, 4.69) is 13.8 Å². The molecule has 1 aromatic rings. The van der Waals surface area contributed by atoms with E-state index in [1.807, 2.05) is 13.0 Å². The van der Waals surface area contributed by atoms with Gasteiger partial charge in [-0.05, 0) is 24.5 Å². The van der Waals surface area contributed by atoms with Crippen LogP contribution in [0.15, 0.2) is 24.3 Å². The van der Waals surface area contributed by atoms with Gasteiger partial charge in [-0.25, -0.2) is 4.79 Å². The first kappa shape index (κ1) is 19.6. The molecule has 2 atom stereocenters. The Morgan fingerprint density at radius 1 is 1.32 bits per heavy atom. The van der Waals surface area contributed by atoms with E-state index in [4.69, 9.17) is 9.47 Å². The molecule has 0 unspecified atom stereocenters. The summed E-state index contributed by atoms with van der Waals surface area (Å²) >= 11 is 1.63. The minimum absolute atomic E-state index is 0.0545. The van der Waals surface area contributed by atoms with Crippen molar-refractivity contribution < 1.29 is 19.1 Å². The van der Waals surface area contributed by atoms with Gasteiger partial charge in [0.1, 0.15) is 11.8 Å². The van der Waals surface area contributed by atoms with Crippen LogP contribution in [-0.2, 0) is 9.53 Å². The first-order chi connectivity index (χ1) is 12.0. The number of thioether (sulfide) groups is 1. The van der Waals surface area contributed by atoms with E-state index >= 15 is 0 Å². The number of amides is 1. The molecule has 1 heterocycles. The molecule has 1 fully saturated rings.